The third kappa shape index (κ3) is 4.88. The molecule has 4 rings (SSSR count). The van der Waals surface area contributed by atoms with Crippen LogP contribution in [0, 0.1) is 6.92 Å². The molecule has 0 aliphatic carbocycles. The highest BCUT2D eigenvalue weighted by Gasteiger charge is 2.22. The number of anilines is 1. The predicted octanol–water partition coefficient (Wildman–Crippen LogP) is 2.84. The Kier molecular flexibility index (Phi) is 6.35. The van der Waals surface area contributed by atoms with Crippen LogP contribution in [0.1, 0.15) is 35.4 Å². The number of rotatable bonds is 6. The number of aromatic nitrogens is 4. The SMILES string of the molecule is COc1ccc(Cc2nc(N)nn2C2=NC(C)N=C(OCc3nc(C)cs3)C2)cc1OC. The Labute approximate surface area is 189 Å². The maximum atomic E-state index is 5.94. The standard InChI is InChI=1S/C21H25N7O3S/c1-12-11-32-20(23-12)10-31-19-9-18(24-13(2)25-19)28-17(26-21(22)27-28)8-14-5-6-15(29-3)16(7-14)30-4/h5-7,11,13H,8-10H2,1-4H3,(H2,22,27). The van der Waals surface area contributed by atoms with Gasteiger partial charge >= 0.3 is 0 Å². The number of aryl methyl sites for hydroxylation is 1. The number of methoxy groups -OCH3 is 2. The molecule has 0 saturated heterocycles. The van der Waals surface area contributed by atoms with Crippen molar-refractivity contribution < 1.29 is 14.2 Å². The lowest BCUT2D eigenvalue weighted by atomic mass is 10.1. The van der Waals surface area contributed by atoms with Crippen LogP contribution in [0.2, 0.25) is 0 Å². The Hall–Kier alpha value is -3.47. The van der Waals surface area contributed by atoms with E-state index in [1.807, 2.05) is 37.4 Å². The van der Waals surface area contributed by atoms with Gasteiger partial charge in [-0.2, -0.15) is 4.98 Å². The van der Waals surface area contributed by atoms with Gasteiger partial charge in [-0.25, -0.2) is 19.7 Å². The lowest BCUT2D eigenvalue weighted by molar-refractivity contribution is 0.282. The zero-order chi connectivity index (χ0) is 22.7. The first-order valence-electron chi connectivity index (χ1n) is 10.0. The fourth-order valence-electron chi connectivity index (χ4n) is 3.37. The molecule has 0 spiro atoms. The minimum atomic E-state index is -0.300. The topological polar surface area (TPSA) is 122 Å². The van der Waals surface area contributed by atoms with Crippen LogP contribution in [-0.2, 0) is 17.8 Å². The molecule has 1 aliphatic heterocycles. The predicted molar refractivity (Wildman–Crippen MR) is 123 cm³/mol. The van der Waals surface area contributed by atoms with E-state index >= 15 is 0 Å². The summed E-state index contributed by atoms with van der Waals surface area (Å²) in [6.45, 7) is 4.22. The molecule has 3 heterocycles. The Morgan fingerprint density at radius 1 is 1.16 bits per heavy atom. The number of thiazole rings is 1. The van der Waals surface area contributed by atoms with Crippen LogP contribution >= 0.6 is 11.3 Å². The van der Waals surface area contributed by atoms with Crippen molar-refractivity contribution in [3.05, 3.63) is 45.7 Å². The summed E-state index contributed by atoms with van der Waals surface area (Å²) in [6, 6.07) is 5.72. The molecule has 32 heavy (non-hydrogen) atoms. The van der Waals surface area contributed by atoms with Crippen LogP contribution in [0.4, 0.5) is 5.95 Å². The smallest absolute Gasteiger partial charge is 0.240 e. The van der Waals surface area contributed by atoms with Crippen LogP contribution in [0.3, 0.4) is 0 Å². The highest BCUT2D eigenvalue weighted by molar-refractivity contribution is 7.09. The number of nitrogens with zero attached hydrogens (tertiary/aromatic N) is 6. The van der Waals surface area contributed by atoms with Gasteiger partial charge in [0, 0.05) is 17.5 Å². The Balaban J connectivity index is 1.52. The molecule has 0 amide bonds. The average Bonchev–Trinajstić information content (AvgIpc) is 3.36. The summed E-state index contributed by atoms with van der Waals surface area (Å²) in [4.78, 5) is 18.0. The van der Waals surface area contributed by atoms with E-state index in [1.165, 1.54) is 0 Å². The zero-order valence-corrected chi connectivity index (χ0v) is 19.2. The first-order valence-corrected chi connectivity index (χ1v) is 10.9. The van der Waals surface area contributed by atoms with Gasteiger partial charge in [0.2, 0.25) is 5.95 Å². The summed E-state index contributed by atoms with van der Waals surface area (Å²) in [7, 11) is 3.21. The number of hydrogen-bond acceptors (Lipinski definition) is 10. The van der Waals surface area contributed by atoms with E-state index in [2.05, 4.69) is 25.1 Å². The molecule has 1 aliphatic rings. The van der Waals surface area contributed by atoms with Crippen LogP contribution in [0.15, 0.2) is 33.6 Å². The van der Waals surface area contributed by atoms with E-state index < -0.39 is 0 Å². The second kappa shape index (κ2) is 9.35. The molecule has 1 unspecified atom stereocenters. The monoisotopic (exact) mass is 455 g/mol. The van der Waals surface area contributed by atoms with Crippen molar-refractivity contribution in [1.29, 1.82) is 0 Å². The Bertz CT molecular complexity index is 1170. The van der Waals surface area contributed by atoms with Crippen LogP contribution in [-0.4, -0.2) is 51.9 Å². The number of hydrogen-bond donors (Lipinski definition) is 1. The van der Waals surface area contributed by atoms with Gasteiger partial charge in [0.05, 0.1) is 20.6 Å². The molecule has 0 fully saturated rings. The van der Waals surface area contributed by atoms with Crippen molar-refractivity contribution in [3.63, 3.8) is 0 Å². The summed E-state index contributed by atoms with van der Waals surface area (Å²) in [5.74, 6) is 3.42. The summed E-state index contributed by atoms with van der Waals surface area (Å²) in [5, 5.41) is 7.27. The Morgan fingerprint density at radius 3 is 2.69 bits per heavy atom. The maximum Gasteiger partial charge on any atom is 0.240 e. The average molecular weight is 456 g/mol. The van der Waals surface area contributed by atoms with E-state index in [9.17, 15) is 0 Å². The molecule has 2 N–H and O–H groups in total. The van der Waals surface area contributed by atoms with Gasteiger partial charge in [-0.3, -0.25) is 0 Å². The Morgan fingerprint density at radius 2 is 1.97 bits per heavy atom. The van der Waals surface area contributed by atoms with E-state index in [0.29, 0.717) is 48.5 Å². The van der Waals surface area contributed by atoms with E-state index in [1.54, 1.807) is 30.2 Å². The van der Waals surface area contributed by atoms with Crippen LogP contribution in [0.5, 0.6) is 11.5 Å². The van der Waals surface area contributed by atoms with Crippen molar-refractivity contribution in [2.75, 3.05) is 20.0 Å². The van der Waals surface area contributed by atoms with Crippen molar-refractivity contribution >= 4 is 29.0 Å². The van der Waals surface area contributed by atoms with Gasteiger partial charge < -0.3 is 19.9 Å². The molecule has 10 nitrogen and oxygen atoms in total. The molecular formula is C21H25N7O3S. The summed E-state index contributed by atoms with van der Waals surface area (Å²) < 4.78 is 18.3. The van der Waals surface area contributed by atoms with Crippen molar-refractivity contribution in [2.45, 2.75) is 39.5 Å². The quantitative estimate of drug-likeness (QED) is 0.606. The van der Waals surface area contributed by atoms with Crippen LogP contribution in [0.25, 0.3) is 0 Å². The summed E-state index contributed by atoms with van der Waals surface area (Å²) in [6.07, 6.45) is 0.575. The molecule has 2 aromatic heterocycles. The molecule has 3 aromatic rings. The van der Waals surface area contributed by atoms with Crippen molar-refractivity contribution in [1.82, 2.24) is 19.7 Å². The molecule has 0 radical (unpaired) electrons. The number of nitrogens with two attached hydrogens (primary N) is 1. The van der Waals surface area contributed by atoms with Gasteiger partial charge in [0.25, 0.3) is 0 Å². The van der Waals surface area contributed by atoms with Gasteiger partial charge in [-0.15, -0.1) is 16.4 Å². The molecular weight excluding hydrogens is 430 g/mol. The van der Waals surface area contributed by atoms with Crippen molar-refractivity contribution in [3.8, 4) is 11.5 Å². The van der Waals surface area contributed by atoms with Gasteiger partial charge in [0.15, 0.2) is 17.4 Å². The van der Waals surface area contributed by atoms with Crippen molar-refractivity contribution in [2.24, 2.45) is 9.98 Å². The zero-order valence-electron chi connectivity index (χ0n) is 18.4. The molecule has 1 atom stereocenters. The van der Waals surface area contributed by atoms with Gasteiger partial charge in [0.1, 0.15) is 29.4 Å². The van der Waals surface area contributed by atoms with E-state index in [-0.39, 0.29) is 12.1 Å². The molecule has 1 aromatic carbocycles. The molecule has 0 saturated carbocycles. The number of nitrogen functional groups attached to an aromatic ring is 1. The molecule has 0 bridgehead atoms. The number of aliphatic imine (C=N–C) groups is 2. The van der Waals surface area contributed by atoms with Gasteiger partial charge in [-0.05, 0) is 31.5 Å². The number of ether oxygens (including phenoxy) is 3. The second-order valence-corrected chi connectivity index (χ2v) is 8.15. The maximum absolute atomic E-state index is 5.94. The van der Waals surface area contributed by atoms with Crippen LogP contribution < -0.4 is 15.2 Å². The lowest BCUT2D eigenvalue weighted by Crippen LogP contribution is -2.27. The highest BCUT2D eigenvalue weighted by atomic mass is 32.1. The third-order valence-electron chi connectivity index (χ3n) is 4.75. The molecule has 11 heteroatoms. The minimum absolute atomic E-state index is 0.180. The third-order valence-corrected chi connectivity index (χ3v) is 5.69. The second-order valence-electron chi connectivity index (χ2n) is 7.21. The fraction of sp³-hybridized carbons (Fsp3) is 0.381. The first-order chi connectivity index (χ1) is 15.4. The largest absolute Gasteiger partial charge is 0.493 e. The fourth-order valence-corrected chi connectivity index (χ4v) is 4.05. The van der Waals surface area contributed by atoms with Gasteiger partial charge in [-0.1, -0.05) is 6.07 Å². The molecule has 168 valence electrons. The minimum Gasteiger partial charge on any atom is -0.493 e. The normalized spacial score (nSPS) is 15.8. The number of benzene rings is 1. The summed E-state index contributed by atoms with van der Waals surface area (Å²) >= 11 is 1.56. The summed E-state index contributed by atoms with van der Waals surface area (Å²) in [5.41, 5.74) is 7.89. The van der Waals surface area contributed by atoms with E-state index in [4.69, 9.17) is 19.9 Å². The highest BCUT2D eigenvalue weighted by Crippen LogP contribution is 2.28. The first kappa shape index (κ1) is 21.8. The van der Waals surface area contributed by atoms with E-state index in [0.717, 1.165) is 16.3 Å². The lowest BCUT2D eigenvalue weighted by Gasteiger charge is -2.18.